The number of nitrogens with two attached hydrogens (primary N) is 2. The zero-order valence-electron chi connectivity index (χ0n) is 82.1. The van der Waals surface area contributed by atoms with Crippen LogP contribution in [-0.4, -0.2) is 374 Å². The molecule has 145 heavy (non-hydrogen) atoms. The van der Waals surface area contributed by atoms with Gasteiger partial charge in [0, 0.05) is 144 Å². The van der Waals surface area contributed by atoms with Gasteiger partial charge in [-0.05, 0) is 130 Å². The van der Waals surface area contributed by atoms with Crippen molar-refractivity contribution in [2.45, 2.75) is 209 Å². The number of H-pyrrole nitrogens is 2. The van der Waals surface area contributed by atoms with Gasteiger partial charge in [-0.25, -0.2) is 0 Å². The molecule has 10 rings (SSSR count). The van der Waals surface area contributed by atoms with Crippen LogP contribution in [0.4, 0.5) is 0 Å². The first-order valence-electron chi connectivity index (χ1n) is 49.0. The first kappa shape index (κ1) is 114. The zero-order valence-corrected chi connectivity index (χ0v) is 83.8. The number of hydrogen-bond donors (Lipinski definition) is 20. The van der Waals surface area contributed by atoms with Crippen molar-refractivity contribution < 1.29 is 112 Å². The molecule has 4 aliphatic heterocycles. The van der Waals surface area contributed by atoms with Gasteiger partial charge < -0.3 is 120 Å². The summed E-state index contributed by atoms with van der Waals surface area (Å²) < 4.78 is 0. The number of aliphatic hydroxyl groups is 1. The Hall–Kier alpha value is -13.2. The number of aliphatic carboxylic acids is 3. The molecule has 6 aromatic rings. The Morgan fingerprint density at radius 3 is 1.81 bits per heavy atom. The number of carbonyl (C=O) groups is 19. The van der Waals surface area contributed by atoms with Gasteiger partial charge in [0.2, 0.25) is 88.6 Å². The molecule has 0 radical (unpaired) electrons. The number of carboxylic acid groups (broad SMARTS) is 3. The predicted octanol–water partition coefficient (Wildman–Crippen LogP) is -2.11. The van der Waals surface area contributed by atoms with Gasteiger partial charge in [0.05, 0.1) is 45.1 Å². The van der Waals surface area contributed by atoms with Gasteiger partial charge in [-0.1, -0.05) is 120 Å². The van der Waals surface area contributed by atoms with Gasteiger partial charge in [-0.2, -0.15) is 0 Å². The first-order chi connectivity index (χ1) is 69.3. The number of rotatable bonds is 40. The predicted molar refractivity (Wildman–Crippen MR) is 538 cm³/mol. The van der Waals surface area contributed by atoms with E-state index in [-0.39, 0.29) is 155 Å². The number of aromatic amines is 2. The molecule has 4 aliphatic rings. The Balaban J connectivity index is 1.02. The van der Waals surface area contributed by atoms with Crippen molar-refractivity contribution in [1.29, 1.82) is 0 Å². The number of piperidine rings is 1. The van der Waals surface area contributed by atoms with E-state index in [1.807, 2.05) is 31.2 Å². The fourth-order valence-corrected chi connectivity index (χ4v) is 20.7. The lowest BCUT2D eigenvalue weighted by Crippen LogP contribution is -2.62. The summed E-state index contributed by atoms with van der Waals surface area (Å²) in [6.07, 6.45) is 0.866. The lowest BCUT2D eigenvalue weighted by Gasteiger charge is -2.33. The van der Waals surface area contributed by atoms with Gasteiger partial charge in [0.15, 0.2) is 0 Å². The summed E-state index contributed by atoms with van der Waals surface area (Å²) >= 11 is 0. The van der Waals surface area contributed by atoms with Crippen LogP contribution in [0.5, 0.6) is 0 Å². The number of likely N-dealkylation sites (tertiary alicyclic amines) is 1. The smallest absolute Gasteiger partial charge is 0.317 e. The number of aldehydes is 1. The highest BCUT2D eigenvalue weighted by molar-refractivity contribution is 8.76. The number of aliphatic hydroxyl groups excluding tert-OH is 1. The number of aromatic nitrogens is 2. The molecule has 6 heterocycles. The van der Waals surface area contributed by atoms with Crippen LogP contribution in [0.15, 0.2) is 97.3 Å². The molecule has 4 fully saturated rings. The molecule has 0 bridgehead atoms. The molecule has 13 atom stereocenters. The van der Waals surface area contributed by atoms with E-state index >= 15 is 47.9 Å². The zero-order chi connectivity index (χ0) is 105. The van der Waals surface area contributed by atoms with E-state index in [1.54, 1.807) is 99.6 Å². The van der Waals surface area contributed by atoms with Crippen LogP contribution in [0, 0.1) is 12.8 Å². The van der Waals surface area contributed by atoms with Gasteiger partial charge >= 0.3 is 17.9 Å². The molecule has 0 spiro atoms. The number of nitrogens with zero attached hydrogens (tertiary/aromatic N) is 6. The standard InChI is InChI=1S/C98H136N22O23S2/c1-6-7-23-79(115(5)98(143)86(58(3)122)114-93(138)72(105-59(4)123)46-65-51-104-85-57(2)16-14-20-67(65)85)96(141)113-77-56-145-144-55-76(95(140)111-75(97(142)120-32-15-24-78(120)87(100)132)47-64-50-103-68-21-11-10-19-66(64)68)112-92(137)74(49-82(126)127)110-88(133)69(22-12-13-29-102-81(125)52-117-37-39-118(53-83(128)129)35-33-116(41-42-121)34-36-119(40-38-117)54-84(130)131)106-89(134)71(45-61-25-26-62-17-8-9-18-63(62)43-61)107-91(136)73(48-80(99)124)109-90(135)70(108-94(77)139)44-60-27-30-101-31-28-60/h8-11,14,16-21,25-26,42-43,50-51,58,60,69-79,86,101,103-104,122H,6-7,12-13,15,22-24,27-41,44-49,52-56H2,1-5H3,(H2,99,124)(H2,100,132)(H,102,125)(H,105,123)(H,106,134)(H,107,136)(H,108,139)(H,109,135)(H,110,133)(H,111,140)(H,112,137)(H,113,141)(H,114,138)(H,126,127)(H,128,129)(H,130,131)/t58-,69+,70+,71+,72+,73+,74+,75+,76+,77+,78+,79+,86+/m1/s1. The molecule has 788 valence electrons. The molecule has 47 heteroatoms. The van der Waals surface area contributed by atoms with Crippen LogP contribution < -0.4 is 75.3 Å². The van der Waals surface area contributed by atoms with Gasteiger partial charge in [-0.15, -0.1) is 0 Å². The van der Waals surface area contributed by atoms with Crippen molar-refractivity contribution in [2.24, 2.45) is 17.4 Å². The minimum atomic E-state index is -2.16. The number of fused-ring (bicyclic) bond motifs is 3. The number of aryl methyl sites for hydroxylation is 1. The second-order valence-electron chi connectivity index (χ2n) is 37.3. The molecule has 2 aromatic heterocycles. The Kier molecular flexibility index (Phi) is 44.2. The Morgan fingerprint density at radius 2 is 1.17 bits per heavy atom. The van der Waals surface area contributed by atoms with Crippen molar-refractivity contribution in [1.82, 2.24) is 103 Å². The van der Waals surface area contributed by atoms with E-state index in [0.29, 0.717) is 78.0 Å². The van der Waals surface area contributed by atoms with Crippen LogP contribution in [-0.2, 0) is 110 Å². The number of para-hydroxylation sites is 2. The van der Waals surface area contributed by atoms with Crippen molar-refractivity contribution in [3.8, 4) is 0 Å². The average Bonchev–Trinajstić information content (AvgIpc) is 1.65. The molecule has 0 aliphatic carbocycles. The molecular formula is C98H136N22O23S2. The molecule has 4 saturated heterocycles. The van der Waals surface area contributed by atoms with Crippen molar-refractivity contribution in [3.63, 3.8) is 0 Å². The van der Waals surface area contributed by atoms with Crippen LogP contribution in [0.25, 0.3) is 32.6 Å². The summed E-state index contributed by atoms with van der Waals surface area (Å²) in [6, 6.07) is 4.49. The minimum Gasteiger partial charge on any atom is -0.481 e. The Labute approximate surface area is 846 Å². The number of likely N-dealkylation sites (N-methyl/N-ethyl adjacent to an activating group) is 1. The number of benzene rings is 4. The van der Waals surface area contributed by atoms with Crippen LogP contribution in [0.3, 0.4) is 0 Å². The Morgan fingerprint density at radius 1 is 0.586 bits per heavy atom. The van der Waals surface area contributed by atoms with Crippen LogP contribution in [0.1, 0.15) is 126 Å². The topological polar surface area (TPSA) is 653 Å². The number of unbranched alkanes of at least 4 members (excludes halogenated alkanes) is 2. The Bertz CT molecular complexity index is 5550. The molecule has 22 N–H and O–H groups in total. The lowest BCUT2D eigenvalue weighted by atomic mass is 9.90. The minimum absolute atomic E-state index is 0.0232. The SMILES string of the molecule is CCCC[C@@H](C(=O)N[C@H]1CSSC[C@@H](C(=O)N[C@@H](Cc2c[nH]c3ccccc23)C(=O)N2CCC[C@H]2C(N)=O)NC(=O)[C@H](CC(=O)O)NC(=O)[C@H](CCCCNC(=O)CN2CCN(CC(=O)O)CCN(CC=O)CCN(CC(=O)O)CC2)NC(=O)[C@H](Cc2ccc3ccccc3c2)NC(=O)[C@H](CC(N)=O)NC(=O)[C@H](CC2CCNCC2)NC1=O)N(C)C(=O)[C@@H](NC(=O)[C@H](Cc1c[nH]c2c(C)cccc12)NC(C)=O)[C@@H](C)O. The summed E-state index contributed by atoms with van der Waals surface area (Å²) in [6.45, 7) is 7.57. The van der Waals surface area contributed by atoms with Gasteiger partial charge in [-0.3, -0.25) is 106 Å². The third-order valence-corrected chi connectivity index (χ3v) is 28.8. The van der Waals surface area contributed by atoms with Crippen LogP contribution in [0.2, 0.25) is 0 Å². The third-order valence-electron chi connectivity index (χ3n) is 26.3. The molecule has 0 unspecified atom stereocenters. The van der Waals surface area contributed by atoms with E-state index < -0.39 is 216 Å². The summed E-state index contributed by atoms with van der Waals surface area (Å²) in [5.41, 5.74) is 15.7. The van der Waals surface area contributed by atoms with Crippen molar-refractivity contribution in [2.75, 3.05) is 123 Å². The summed E-state index contributed by atoms with van der Waals surface area (Å²) in [7, 11) is 2.82. The monoisotopic (exact) mass is 2050 g/mol. The molecule has 15 amide bonds. The van der Waals surface area contributed by atoms with Crippen molar-refractivity contribution in [3.05, 3.63) is 120 Å². The lowest BCUT2D eigenvalue weighted by molar-refractivity contribution is -0.145. The maximum absolute atomic E-state index is 15.8. The normalized spacial score (nSPS) is 21.4. The number of amides is 15. The highest BCUT2D eigenvalue weighted by atomic mass is 33.1. The summed E-state index contributed by atoms with van der Waals surface area (Å²) in [5.74, 6) is -20.2. The van der Waals surface area contributed by atoms with E-state index in [2.05, 4.69) is 73.8 Å². The largest absolute Gasteiger partial charge is 0.481 e. The van der Waals surface area contributed by atoms with Gasteiger partial charge in [0.25, 0.3) is 0 Å². The van der Waals surface area contributed by atoms with Gasteiger partial charge in [0.1, 0.15) is 78.8 Å². The number of carbonyl (C=O) groups excluding carboxylic acids is 16. The molecule has 45 nitrogen and oxygen atoms in total. The number of nitrogens with one attached hydrogen (secondary N) is 14. The number of carboxylic acids is 3. The van der Waals surface area contributed by atoms with E-state index in [9.17, 15) is 63.6 Å². The van der Waals surface area contributed by atoms with E-state index in [1.165, 1.54) is 25.8 Å². The van der Waals surface area contributed by atoms with Crippen LogP contribution >= 0.6 is 21.6 Å². The second-order valence-corrected chi connectivity index (χ2v) is 39.9. The highest BCUT2D eigenvalue weighted by Gasteiger charge is 2.43. The maximum Gasteiger partial charge on any atom is 0.317 e. The van der Waals surface area contributed by atoms with E-state index in [0.717, 1.165) is 48.3 Å². The molecule has 4 aromatic carbocycles. The number of primary amides is 2. The summed E-state index contributed by atoms with van der Waals surface area (Å²) in [5, 5.41) is 77.4. The average molecular weight is 2050 g/mol. The quantitative estimate of drug-likeness (QED) is 0.0111. The fraction of sp³-hybridized carbons (Fsp3) is 0.541. The third kappa shape index (κ3) is 34.8. The molecule has 0 saturated carbocycles. The maximum atomic E-state index is 15.8. The summed E-state index contributed by atoms with van der Waals surface area (Å²) in [4.78, 5) is 287. The second kappa shape index (κ2) is 56.3. The van der Waals surface area contributed by atoms with Crippen molar-refractivity contribution >= 4 is 167 Å². The fourth-order valence-electron chi connectivity index (χ4n) is 18.4. The first-order valence-corrected chi connectivity index (χ1v) is 51.4. The van der Waals surface area contributed by atoms with E-state index in [4.69, 9.17) is 11.5 Å². The molecular weight excluding hydrogens is 1920 g/mol. The number of hydrogen-bond acceptors (Lipinski definition) is 27. The highest BCUT2D eigenvalue weighted by Crippen LogP contribution is 2.30.